The lowest BCUT2D eigenvalue weighted by molar-refractivity contribution is 0.0718. The number of benzene rings is 1. The normalized spacial score (nSPS) is 19.6. The fourth-order valence-corrected chi connectivity index (χ4v) is 2.51. The van der Waals surface area contributed by atoms with Gasteiger partial charge in [-0.2, -0.15) is 0 Å². The Bertz CT molecular complexity index is 566. The van der Waals surface area contributed by atoms with Gasteiger partial charge in [-0.25, -0.2) is 13.2 Å². The molecule has 1 amide bonds. The summed E-state index contributed by atoms with van der Waals surface area (Å²) in [6, 6.07) is 6.13. The number of amides is 1. The first kappa shape index (κ1) is 13.8. The molecule has 0 radical (unpaired) electrons. The van der Waals surface area contributed by atoms with Crippen molar-refractivity contribution in [1.29, 1.82) is 0 Å². The average Bonchev–Trinajstić information content (AvgIpc) is 2.70. The number of hydrogen-bond acceptors (Lipinski definition) is 5. The molecular weight excluding hydrogens is 270 g/mol. The predicted molar refractivity (Wildman–Crippen MR) is 69.0 cm³/mol. The second-order valence-corrected chi connectivity index (χ2v) is 6.35. The lowest BCUT2D eigenvalue weighted by Gasteiger charge is -2.13. The highest BCUT2D eigenvalue weighted by Gasteiger charge is 2.32. The van der Waals surface area contributed by atoms with Crippen molar-refractivity contribution in [3.8, 4) is 0 Å². The summed E-state index contributed by atoms with van der Waals surface area (Å²) in [6.07, 6.45) is 0.391. The number of cyclic esters (lactones) is 1. The van der Waals surface area contributed by atoms with E-state index in [9.17, 15) is 13.2 Å². The van der Waals surface area contributed by atoms with Crippen LogP contribution in [0.1, 0.15) is 0 Å². The molecule has 104 valence electrons. The number of carbonyl (C=O) groups is 1. The first-order chi connectivity index (χ1) is 8.91. The van der Waals surface area contributed by atoms with Gasteiger partial charge in [-0.05, 0) is 24.3 Å². The van der Waals surface area contributed by atoms with E-state index >= 15 is 0 Å². The molecule has 19 heavy (non-hydrogen) atoms. The van der Waals surface area contributed by atoms with Gasteiger partial charge >= 0.3 is 6.09 Å². The summed E-state index contributed by atoms with van der Waals surface area (Å²) >= 11 is 0. The molecule has 7 heteroatoms. The molecule has 1 aliphatic heterocycles. The van der Waals surface area contributed by atoms with Crippen LogP contribution in [0.3, 0.4) is 0 Å². The van der Waals surface area contributed by atoms with E-state index in [4.69, 9.17) is 9.47 Å². The van der Waals surface area contributed by atoms with Crippen LogP contribution in [0.25, 0.3) is 0 Å². The zero-order valence-corrected chi connectivity index (χ0v) is 11.5. The summed E-state index contributed by atoms with van der Waals surface area (Å²) in [6.45, 7) is 0.731. The number of nitrogens with zero attached hydrogens (tertiary/aromatic N) is 1. The maximum absolute atomic E-state index is 11.7. The Hall–Kier alpha value is -1.60. The van der Waals surface area contributed by atoms with Crippen molar-refractivity contribution in [2.24, 2.45) is 0 Å². The Morgan fingerprint density at radius 3 is 2.53 bits per heavy atom. The molecule has 0 N–H and O–H groups in total. The lowest BCUT2D eigenvalue weighted by Crippen LogP contribution is -2.25. The van der Waals surface area contributed by atoms with Gasteiger partial charge in [0.05, 0.1) is 18.0 Å². The zero-order valence-electron chi connectivity index (χ0n) is 10.7. The summed E-state index contributed by atoms with van der Waals surface area (Å²) in [7, 11) is -1.69. The molecule has 0 aromatic heterocycles. The summed E-state index contributed by atoms with van der Waals surface area (Å²) in [4.78, 5) is 13.3. The maximum Gasteiger partial charge on any atom is 0.414 e. The minimum atomic E-state index is -3.23. The third-order valence-corrected chi connectivity index (χ3v) is 3.93. The van der Waals surface area contributed by atoms with E-state index in [0.29, 0.717) is 18.8 Å². The molecule has 1 aromatic rings. The summed E-state index contributed by atoms with van der Waals surface area (Å²) in [5, 5.41) is 0. The molecule has 0 aliphatic carbocycles. The second-order valence-electron chi connectivity index (χ2n) is 4.34. The number of hydrogen-bond donors (Lipinski definition) is 0. The smallest absolute Gasteiger partial charge is 0.414 e. The van der Waals surface area contributed by atoms with Crippen LogP contribution in [0.2, 0.25) is 0 Å². The molecule has 6 nitrogen and oxygen atoms in total. The molecule has 1 heterocycles. The topological polar surface area (TPSA) is 72.9 Å². The van der Waals surface area contributed by atoms with Crippen LogP contribution < -0.4 is 4.90 Å². The Labute approximate surface area is 111 Å². The average molecular weight is 285 g/mol. The molecule has 1 unspecified atom stereocenters. The van der Waals surface area contributed by atoms with Gasteiger partial charge in [-0.15, -0.1) is 0 Å². The third-order valence-electron chi connectivity index (χ3n) is 2.80. The molecule has 1 aliphatic rings. The Kier molecular flexibility index (Phi) is 3.77. The summed E-state index contributed by atoms with van der Waals surface area (Å²) < 4.78 is 32.7. The molecule has 2 rings (SSSR count). The van der Waals surface area contributed by atoms with Crippen LogP contribution in [0, 0.1) is 0 Å². The van der Waals surface area contributed by atoms with E-state index in [-0.39, 0.29) is 11.0 Å². The van der Waals surface area contributed by atoms with Gasteiger partial charge in [0.1, 0.15) is 6.10 Å². The SMILES string of the molecule is COCC1CN(c2ccc(S(C)(=O)=O)cc2)C(=O)O1. The number of methoxy groups -OCH3 is 1. The van der Waals surface area contributed by atoms with Crippen molar-refractivity contribution in [1.82, 2.24) is 0 Å². The fraction of sp³-hybridized carbons (Fsp3) is 0.417. The maximum atomic E-state index is 11.7. The lowest BCUT2D eigenvalue weighted by atomic mass is 10.3. The van der Waals surface area contributed by atoms with E-state index in [1.807, 2.05) is 0 Å². The second kappa shape index (κ2) is 5.18. The number of sulfone groups is 1. The fourth-order valence-electron chi connectivity index (χ4n) is 1.88. The van der Waals surface area contributed by atoms with Crippen LogP contribution >= 0.6 is 0 Å². The first-order valence-corrected chi connectivity index (χ1v) is 7.58. The molecular formula is C12H15NO5S. The van der Waals surface area contributed by atoms with E-state index in [1.54, 1.807) is 12.1 Å². The van der Waals surface area contributed by atoms with Crippen LogP contribution in [0.15, 0.2) is 29.2 Å². The quantitative estimate of drug-likeness (QED) is 0.827. The van der Waals surface area contributed by atoms with Gasteiger partial charge in [-0.3, -0.25) is 4.90 Å². The molecule has 1 atom stereocenters. The molecule has 0 saturated carbocycles. The van der Waals surface area contributed by atoms with E-state index in [2.05, 4.69) is 0 Å². The molecule has 1 saturated heterocycles. The number of anilines is 1. The Morgan fingerprint density at radius 2 is 2.00 bits per heavy atom. The zero-order chi connectivity index (χ0) is 14.0. The minimum Gasteiger partial charge on any atom is -0.441 e. The summed E-state index contributed by atoms with van der Waals surface area (Å²) in [5.41, 5.74) is 0.607. The van der Waals surface area contributed by atoms with Crippen molar-refractivity contribution >= 4 is 21.6 Å². The van der Waals surface area contributed by atoms with Crippen molar-refractivity contribution in [2.45, 2.75) is 11.0 Å². The van der Waals surface area contributed by atoms with E-state index in [0.717, 1.165) is 6.26 Å². The molecule has 1 aromatic carbocycles. The minimum absolute atomic E-state index is 0.220. The van der Waals surface area contributed by atoms with E-state index < -0.39 is 15.9 Å². The van der Waals surface area contributed by atoms with Gasteiger partial charge in [0.15, 0.2) is 9.84 Å². The van der Waals surface area contributed by atoms with Gasteiger partial charge < -0.3 is 9.47 Å². The molecule has 0 bridgehead atoms. The Balaban J connectivity index is 2.17. The van der Waals surface area contributed by atoms with Crippen molar-refractivity contribution in [3.05, 3.63) is 24.3 Å². The number of ether oxygens (including phenoxy) is 2. The van der Waals surface area contributed by atoms with Crippen molar-refractivity contribution < 1.29 is 22.7 Å². The van der Waals surface area contributed by atoms with Gasteiger partial charge in [0, 0.05) is 19.1 Å². The highest BCUT2D eigenvalue weighted by atomic mass is 32.2. The predicted octanol–water partition coefficient (Wildman–Crippen LogP) is 1.06. The van der Waals surface area contributed by atoms with Gasteiger partial charge in [-0.1, -0.05) is 0 Å². The van der Waals surface area contributed by atoms with E-state index in [1.165, 1.54) is 24.1 Å². The van der Waals surface area contributed by atoms with Gasteiger partial charge in [0.25, 0.3) is 0 Å². The van der Waals surface area contributed by atoms with Crippen molar-refractivity contribution in [3.63, 3.8) is 0 Å². The first-order valence-electron chi connectivity index (χ1n) is 5.69. The monoisotopic (exact) mass is 285 g/mol. The molecule has 1 fully saturated rings. The van der Waals surface area contributed by atoms with Crippen LogP contribution in [0.5, 0.6) is 0 Å². The molecule has 0 spiro atoms. The largest absolute Gasteiger partial charge is 0.441 e. The number of carbonyl (C=O) groups excluding carboxylic acids is 1. The number of rotatable bonds is 4. The van der Waals surface area contributed by atoms with Gasteiger partial charge in [0.2, 0.25) is 0 Å². The van der Waals surface area contributed by atoms with Crippen molar-refractivity contribution in [2.75, 3.05) is 31.4 Å². The third kappa shape index (κ3) is 3.05. The highest BCUT2D eigenvalue weighted by molar-refractivity contribution is 7.90. The standard InChI is InChI=1S/C12H15NO5S/c1-17-8-10-7-13(12(14)18-10)9-3-5-11(6-4-9)19(2,15)16/h3-6,10H,7-8H2,1-2H3. The van der Waals surface area contributed by atoms with Crippen LogP contribution in [-0.4, -0.2) is 47.1 Å². The summed E-state index contributed by atoms with van der Waals surface area (Å²) in [5.74, 6) is 0. The Morgan fingerprint density at radius 1 is 1.37 bits per heavy atom. The van der Waals surface area contributed by atoms with Crippen LogP contribution in [-0.2, 0) is 19.3 Å². The highest BCUT2D eigenvalue weighted by Crippen LogP contribution is 2.23. The van der Waals surface area contributed by atoms with Crippen LogP contribution in [0.4, 0.5) is 10.5 Å².